The number of amides is 1. The Balaban J connectivity index is 1.77. The van der Waals surface area contributed by atoms with Crippen LogP contribution in [-0.2, 0) is 0 Å². The van der Waals surface area contributed by atoms with E-state index in [1.165, 1.54) is 6.26 Å². The lowest BCUT2D eigenvalue weighted by Gasteiger charge is -2.32. The number of likely N-dealkylation sites (tertiary alicyclic amines) is 1. The molecule has 20 heavy (non-hydrogen) atoms. The second kappa shape index (κ2) is 5.11. The van der Waals surface area contributed by atoms with Crippen molar-refractivity contribution < 1.29 is 9.21 Å². The average Bonchev–Trinajstić information content (AvgIpc) is 3.08. The largest absolute Gasteiger partial charge is 0.459 e. The van der Waals surface area contributed by atoms with Gasteiger partial charge in [0.1, 0.15) is 11.6 Å². The van der Waals surface area contributed by atoms with Crippen LogP contribution >= 0.6 is 0 Å². The Bertz CT molecular complexity index is 603. The van der Waals surface area contributed by atoms with Crippen molar-refractivity contribution in [3.63, 3.8) is 0 Å². The molecule has 1 amide bonds. The summed E-state index contributed by atoms with van der Waals surface area (Å²) < 4.78 is 7.13. The van der Waals surface area contributed by atoms with Gasteiger partial charge in [0.15, 0.2) is 5.76 Å². The highest BCUT2D eigenvalue weighted by Crippen LogP contribution is 2.23. The van der Waals surface area contributed by atoms with E-state index < -0.39 is 0 Å². The normalized spacial score (nSPS) is 19.3. The maximum Gasteiger partial charge on any atom is 0.289 e. The lowest BCUT2D eigenvalue weighted by Crippen LogP contribution is -2.41. The van der Waals surface area contributed by atoms with Crippen molar-refractivity contribution in [2.45, 2.75) is 32.7 Å². The van der Waals surface area contributed by atoms with E-state index in [9.17, 15) is 4.79 Å². The number of aryl methyl sites for hydroxylation is 2. The third-order valence-corrected chi connectivity index (χ3v) is 3.67. The molecule has 0 bridgehead atoms. The predicted octanol–water partition coefficient (Wildman–Crippen LogP) is 1.97. The molecule has 2 aromatic rings. The molecule has 1 atom stereocenters. The van der Waals surface area contributed by atoms with Gasteiger partial charge in [-0.1, -0.05) is 0 Å². The van der Waals surface area contributed by atoms with E-state index in [0.717, 1.165) is 31.0 Å². The zero-order valence-electron chi connectivity index (χ0n) is 11.7. The van der Waals surface area contributed by atoms with Crippen LogP contribution in [0, 0.1) is 13.8 Å². The molecule has 1 saturated heterocycles. The molecule has 2 aromatic heterocycles. The molecule has 6 nitrogen and oxygen atoms in total. The van der Waals surface area contributed by atoms with Gasteiger partial charge >= 0.3 is 0 Å². The number of furan rings is 1. The van der Waals surface area contributed by atoms with Crippen molar-refractivity contribution in [3.8, 4) is 0 Å². The molecule has 106 valence electrons. The fraction of sp³-hybridized carbons (Fsp3) is 0.500. The van der Waals surface area contributed by atoms with E-state index in [-0.39, 0.29) is 11.9 Å². The molecule has 3 rings (SSSR count). The van der Waals surface area contributed by atoms with Crippen molar-refractivity contribution in [1.82, 2.24) is 19.7 Å². The van der Waals surface area contributed by atoms with Crippen LogP contribution in [0.15, 0.2) is 22.8 Å². The van der Waals surface area contributed by atoms with Gasteiger partial charge < -0.3 is 9.32 Å². The van der Waals surface area contributed by atoms with Crippen LogP contribution in [0.1, 0.15) is 41.1 Å². The van der Waals surface area contributed by atoms with Gasteiger partial charge in [-0.2, -0.15) is 5.10 Å². The van der Waals surface area contributed by atoms with E-state index in [2.05, 4.69) is 10.1 Å². The fourth-order valence-electron chi connectivity index (χ4n) is 2.78. The fourth-order valence-corrected chi connectivity index (χ4v) is 2.78. The first-order valence-electron chi connectivity index (χ1n) is 6.87. The second-order valence-electron chi connectivity index (χ2n) is 5.18. The van der Waals surface area contributed by atoms with Crippen LogP contribution < -0.4 is 0 Å². The van der Waals surface area contributed by atoms with E-state index in [1.54, 1.807) is 12.1 Å². The Labute approximate surface area is 117 Å². The van der Waals surface area contributed by atoms with E-state index in [1.807, 2.05) is 23.4 Å². The number of carbonyl (C=O) groups excluding carboxylic acids is 1. The number of hydrogen-bond donors (Lipinski definition) is 0. The smallest absolute Gasteiger partial charge is 0.289 e. The summed E-state index contributed by atoms with van der Waals surface area (Å²) in [5, 5.41) is 4.43. The first-order valence-corrected chi connectivity index (χ1v) is 6.87. The van der Waals surface area contributed by atoms with E-state index >= 15 is 0 Å². The summed E-state index contributed by atoms with van der Waals surface area (Å²) in [6.45, 7) is 5.26. The molecule has 1 aliphatic rings. The Morgan fingerprint density at radius 1 is 1.45 bits per heavy atom. The SMILES string of the molecule is Cc1nc(C)n([C@@H]2CCCN(C(=O)c3ccco3)C2)n1. The quantitative estimate of drug-likeness (QED) is 0.839. The van der Waals surface area contributed by atoms with Crippen LogP contribution in [0.5, 0.6) is 0 Å². The van der Waals surface area contributed by atoms with Gasteiger partial charge in [-0.05, 0) is 38.8 Å². The number of nitrogens with zero attached hydrogens (tertiary/aromatic N) is 4. The van der Waals surface area contributed by atoms with Crippen molar-refractivity contribution >= 4 is 5.91 Å². The molecule has 1 fully saturated rings. The zero-order valence-corrected chi connectivity index (χ0v) is 11.7. The lowest BCUT2D eigenvalue weighted by molar-refractivity contribution is 0.0639. The van der Waals surface area contributed by atoms with Crippen molar-refractivity contribution in [2.75, 3.05) is 13.1 Å². The van der Waals surface area contributed by atoms with Crippen LogP contribution in [0.4, 0.5) is 0 Å². The molecule has 0 radical (unpaired) electrons. The molecule has 6 heteroatoms. The van der Waals surface area contributed by atoms with E-state index in [0.29, 0.717) is 12.3 Å². The third kappa shape index (κ3) is 2.33. The van der Waals surface area contributed by atoms with Gasteiger partial charge in [-0.25, -0.2) is 9.67 Å². The van der Waals surface area contributed by atoms with Gasteiger partial charge in [0, 0.05) is 13.1 Å². The predicted molar refractivity (Wildman–Crippen MR) is 72.4 cm³/mol. The summed E-state index contributed by atoms with van der Waals surface area (Å²) in [6.07, 6.45) is 3.51. The molecule has 0 saturated carbocycles. The number of carbonyl (C=O) groups is 1. The minimum atomic E-state index is -0.0470. The van der Waals surface area contributed by atoms with E-state index in [4.69, 9.17) is 4.42 Å². The Morgan fingerprint density at radius 2 is 2.30 bits per heavy atom. The molecule has 1 aliphatic heterocycles. The maximum atomic E-state index is 12.3. The summed E-state index contributed by atoms with van der Waals surface area (Å²) in [6, 6.07) is 3.64. The lowest BCUT2D eigenvalue weighted by atomic mass is 10.1. The number of aromatic nitrogens is 3. The third-order valence-electron chi connectivity index (χ3n) is 3.67. The van der Waals surface area contributed by atoms with Gasteiger partial charge in [-0.15, -0.1) is 0 Å². The summed E-state index contributed by atoms with van der Waals surface area (Å²) in [7, 11) is 0. The average molecular weight is 274 g/mol. The van der Waals surface area contributed by atoms with Crippen molar-refractivity contribution in [1.29, 1.82) is 0 Å². The number of hydrogen-bond acceptors (Lipinski definition) is 4. The Kier molecular flexibility index (Phi) is 3.30. The molecular formula is C14H18N4O2. The summed E-state index contributed by atoms with van der Waals surface area (Å²) in [5.41, 5.74) is 0. The Hall–Kier alpha value is -2.11. The maximum absolute atomic E-state index is 12.3. The molecule has 0 spiro atoms. The van der Waals surface area contributed by atoms with Crippen molar-refractivity contribution in [3.05, 3.63) is 35.8 Å². The molecule has 0 aromatic carbocycles. The Morgan fingerprint density at radius 3 is 2.95 bits per heavy atom. The minimum absolute atomic E-state index is 0.0470. The zero-order chi connectivity index (χ0) is 14.1. The minimum Gasteiger partial charge on any atom is -0.459 e. The molecule has 0 aliphatic carbocycles. The monoisotopic (exact) mass is 274 g/mol. The van der Waals surface area contributed by atoms with Crippen LogP contribution in [0.25, 0.3) is 0 Å². The topological polar surface area (TPSA) is 64.2 Å². The summed E-state index contributed by atoms with van der Waals surface area (Å²) >= 11 is 0. The summed E-state index contributed by atoms with van der Waals surface area (Å²) in [5.74, 6) is 2.03. The highest BCUT2D eigenvalue weighted by Gasteiger charge is 2.28. The van der Waals surface area contributed by atoms with Crippen LogP contribution in [0.3, 0.4) is 0 Å². The second-order valence-corrected chi connectivity index (χ2v) is 5.18. The molecule has 3 heterocycles. The highest BCUT2D eigenvalue weighted by atomic mass is 16.3. The van der Waals surface area contributed by atoms with Gasteiger partial charge in [0.2, 0.25) is 0 Å². The number of piperidine rings is 1. The molecule has 0 unspecified atom stereocenters. The van der Waals surface area contributed by atoms with Gasteiger partial charge in [0.25, 0.3) is 5.91 Å². The standard InChI is InChI=1S/C14H18N4O2/c1-10-15-11(2)18(16-10)12-5-3-7-17(9-12)14(19)13-6-4-8-20-13/h4,6,8,12H,3,5,7,9H2,1-2H3/t12-/m1/s1. The molecule has 0 N–H and O–H groups in total. The first-order chi connectivity index (χ1) is 9.65. The first kappa shape index (κ1) is 12.9. The van der Waals surface area contributed by atoms with Gasteiger partial charge in [0.05, 0.1) is 12.3 Å². The van der Waals surface area contributed by atoms with Crippen LogP contribution in [0.2, 0.25) is 0 Å². The number of rotatable bonds is 2. The molecular weight excluding hydrogens is 256 g/mol. The van der Waals surface area contributed by atoms with Crippen LogP contribution in [-0.4, -0.2) is 38.7 Å². The van der Waals surface area contributed by atoms with Gasteiger partial charge in [-0.3, -0.25) is 4.79 Å². The van der Waals surface area contributed by atoms with Crippen molar-refractivity contribution in [2.24, 2.45) is 0 Å². The summed E-state index contributed by atoms with van der Waals surface area (Å²) in [4.78, 5) is 18.5. The highest BCUT2D eigenvalue weighted by molar-refractivity contribution is 5.91.